The third-order valence-electron chi connectivity index (χ3n) is 6.52. The van der Waals surface area contributed by atoms with Crippen molar-refractivity contribution in [3.05, 3.63) is 0 Å². The molecule has 1 heterocycles. The zero-order chi connectivity index (χ0) is 16.0. The molecule has 3 fully saturated rings. The van der Waals surface area contributed by atoms with Gasteiger partial charge in [-0.2, -0.15) is 0 Å². The van der Waals surface area contributed by atoms with Gasteiger partial charge in [-0.15, -0.1) is 0 Å². The Morgan fingerprint density at radius 1 is 1.27 bits per heavy atom. The van der Waals surface area contributed by atoms with Gasteiger partial charge in [-0.05, 0) is 57.8 Å². The van der Waals surface area contributed by atoms with E-state index in [2.05, 4.69) is 6.92 Å². The molecule has 22 heavy (non-hydrogen) atoms. The number of carbonyl (C=O) groups is 1. The van der Waals surface area contributed by atoms with Gasteiger partial charge in [0.2, 0.25) is 0 Å². The van der Waals surface area contributed by atoms with Crippen LogP contribution in [-0.2, 0) is 9.53 Å². The summed E-state index contributed by atoms with van der Waals surface area (Å²) in [7, 11) is 0. The van der Waals surface area contributed by atoms with E-state index in [0.717, 1.165) is 44.9 Å². The van der Waals surface area contributed by atoms with Crippen molar-refractivity contribution in [3.8, 4) is 0 Å². The van der Waals surface area contributed by atoms with E-state index < -0.39 is 5.79 Å². The van der Waals surface area contributed by atoms with Gasteiger partial charge >= 0.3 is 0 Å². The van der Waals surface area contributed by atoms with E-state index >= 15 is 0 Å². The molecule has 0 aromatic rings. The summed E-state index contributed by atoms with van der Waals surface area (Å²) in [5.74, 6) is -0.232. The molecular formula is C18H30O4. The first-order valence-electron chi connectivity index (χ1n) is 8.97. The summed E-state index contributed by atoms with van der Waals surface area (Å²) in [6.07, 6.45) is 7.31. The van der Waals surface area contributed by atoms with Gasteiger partial charge < -0.3 is 14.9 Å². The summed E-state index contributed by atoms with van der Waals surface area (Å²) >= 11 is 0. The molecule has 0 aromatic carbocycles. The minimum absolute atomic E-state index is 0.0986. The van der Waals surface area contributed by atoms with E-state index in [1.165, 1.54) is 0 Å². The first-order valence-corrected chi connectivity index (χ1v) is 8.97. The molecule has 5 unspecified atom stereocenters. The predicted molar refractivity (Wildman–Crippen MR) is 83.2 cm³/mol. The van der Waals surface area contributed by atoms with Crippen molar-refractivity contribution >= 4 is 5.78 Å². The number of aliphatic hydroxyl groups is 2. The maximum absolute atomic E-state index is 12.2. The average Bonchev–Trinajstić information content (AvgIpc) is 2.74. The fourth-order valence-electron chi connectivity index (χ4n) is 5.14. The lowest BCUT2D eigenvalue weighted by molar-refractivity contribution is -0.315. The summed E-state index contributed by atoms with van der Waals surface area (Å²) in [5.41, 5.74) is -0.223. The number of Topliss-reactive ketones (excluding diaryl/α,β-unsaturated/α-hetero) is 1. The minimum Gasteiger partial charge on any atom is -0.393 e. The SMILES string of the molecule is CC(O)CCCC1CCC2C3CCC(=O)[C@]3(C)CCC2(O)O1. The van der Waals surface area contributed by atoms with E-state index in [4.69, 9.17) is 4.74 Å². The fraction of sp³-hybridized carbons (Fsp3) is 0.944. The molecule has 1 aliphatic heterocycles. The van der Waals surface area contributed by atoms with Gasteiger partial charge in [0.15, 0.2) is 5.79 Å². The quantitative estimate of drug-likeness (QED) is 0.838. The molecule has 0 amide bonds. The van der Waals surface area contributed by atoms with Crippen molar-refractivity contribution in [2.75, 3.05) is 0 Å². The van der Waals surface area contributed by atoms with Gasteiger partial charge in [0.05, 0.1) is 12.2 Å². The monoisotopic (exact) mass is 310 g/mol. The largest absolute Gasteiger partial charge is 0.393 e. The lowest BCUT2D eigenvalue weighted by Crippen LogP contribution is -2.57. The highest BCUT2D eigenvalue weighted by Gasteiger charge is 2.60. The first kappa shape index (κ1) is 16.4. The van der Waals surface area contributed by atoms with Crippen LogP contribution in [0.4, 0.5) is 0 Å². The van der Waals surface area contributed by atoms with Crippen LogP contribution in [0.15, 0.2) is 0 Å². The molecule has 4 nitrogen and oxygen atoms in total. The van der Waals surface area contributed by atoms with E-state index in [9.17, 15) is 15.0 Å². The maximum atomic E-state index is 12.2. The Morgan fingerprint density at radius 2 is 2.05 bits per heavy atom. The Labute approximate surface area is 133 Å². The van der Waals surface area contributed by atoms with Crippen molar-refractivity contribution in [2.24, 2.45) is 17.3 Å². The lowest BCUT2D eigenvalue weighted by atomic mass is 9.59. The number of ketones is 1. The number of rotatable bonds is 4. The Kier molecular flexibility index (Phi) is 4.39. The number of hydrogen-bond donors (Lipinski definition) is 2. The number of fused-ring (bicyclic) bond motifs is 3. The van der Waals surface area contributed by atoms with Crippen LogP contribution >= 0.6 is 0 Å². The molecule has 3 rings (SSSR count). The Hall–Kier alpha value is -0.450. The molecule has 2 aliphatic carbocycles. The smallest absolute Gasteiger partial charge is 0.168 e. The van der Waals surface area contributed by atoms with Gasteiger partial charge in [-0.25, -0.2) is 0 Å². The van der Waals surface area contributed by atoms with E-state index in [-0.39, 0.29) is 29.5 Å². The first-order chi connectivity index (χ1) is 10.3. The Morgan fingerprint density at radius 3 is 2.77 bits per heavy atom. The Balaban J connectivity index is 1.64. The molecular weight excluding hydrogens is 280 g/mol. The van der Waals surface area contributed by atoms with Crippen molar-refractivity contribution in [1.29, 1.82) is 0 Å². The van der Waals surface area contributed by atoms with Crippen LogP contribution in [0, 0.1) is 17.3 Å². The zero-order valence-electron chi connectivity index (χ0n) is 13.9. The van der Waals surface area contributed by atoms with Crippen LogP contribution in [0.5, 0.6) is 0 Å². The average molecular weight is 310 g/mol. The molecule has 4 heteroatoms. The molecule has 126 valence electrons. The Bertz CT molecular complexity index is 435. The second-order valence-electron chi connectivity index (χ2n) is 8.03. The minimum atomic E-state index is -1.03. The second kappa shape index (κ2) is 5.88. The predicted octanol–water partition coefficient (Wildman–Crippen LogP) is 2.80. The molecule has 0 spiro atoms. The van der Waals surface area contributed by atoms with Crippen molar-refractivity contribution in [2.45, 2.75) is 89.6 Å². The van der Waals surface area contributed by atoms with Crippen LogP contribution in [0.25, 0.3) is 0 Å². The molecule has 6 atom stereocenters. The van der Waals surface area contributed by atoms with Gasteiger partial charge in [-0.3, -0.25) is 4.79 Å². The van der Waals surface area contributed by atoms with Crippen LogP contribution in [-0.4, -0.2) is 34.0 Å². The molecule has 0 aromatic heterocycles. The fourth-order valence-corrected chi connectivity index (χ4v) is 5.14. The molecule has 2 saturated carbocycles. The summed E-state index contributed by atoms with van der Waals surface area (Å²) in [6, 6.07) is 0. The summed E-state index contributed by atoms with van der Waals surface area (Å²) < 4.78 is 6.11. The van der Waals surface area contributed by atoms with Crippen LogP contribution in [0.1, 0.15) is 71.6 Å². The van der Waals surface area contributed by atoms with Gasteiger partial charge in [0, 0.05) is 24.2 Å². The van der Waals surface area contributed by atoms with Crippen LogP contribution < -0.4 is 0 Å². The highest BCUT2D eigenvalue weighted by Crippen LogP contribution is 2.58. The highest BCUT2D eigenvalue weighted by molar-refractivity contribution is 5.87. The molecule has 0 bridgehead atoms. The highest BCUT2D eigenvalue weighted by atomic mass is 16.6. The number of ether oxygens (including phenoxy) is 1. The molecule has 0 radical (unpaired) electrons. The van der Waals surface area contributed by atoms with Gasteiger partial charge in [-0.1, -0.05) is 6.92 Å². The maximum Gasteiger partial charge on any atom is 0.168 e. The van der Waals surface area contributed by atoms with Crippen LogP contribution in [0.2, 0.25) is 0 Å². The van der Waals surface area contributed by atoms with Crippen molar-refractivity contribution in [3.63, 3.8) is 0 Å². The molecule has 1 saturated heterocycles. The molecule has 2 N–H and O–H groups in total. The van der Waals surface area contributed by atoms with Crippen molar-refractivity contribution < 1.29 is 19.7 Å². The normalized spacial score (nSPS) is 46.2. The third-order valence-corrected chi connectivity index (χ3v) is 6.52. The summed E-state index contributed by atoms with van der Waals surface area (Å²) in [6.45, 7) is 3.91. The number of hydrogen-bond acceptors (Lipinski definition) is 4. The van der Waals surface area contributed by atoms with E-state index in [0.29, 0.717) is 18.6 Å². The molecule has 3 aliphatic rings. The standard InChI is InChI=1S/C18H30O4/c1-12(19)4-3-5-13-6-7-15-14-8-9-16(20)17(14,2)10-11-18(15,21)22-13/h12-15,19,21H,3-11H2,1-2H3/t12?,13?,14?,15?,17-,18?/m1/s1. The lowest BCUT2D eigenvalue weighted by Gasteiger charge is -2.53. The summed E-state index contributed by atoms with van der Waals surface area (Å²) in [4.78, 5) is 12.2. The third kappa shape index (κ3) is 2.74. The van der Waals surface area contributed by atoms with Gasteiger partial charge in [0.25, 0.3) is 0 Å². The number of aliphatic hydroxyl groups excluding tert-OH is 1. The summed E-state index contributed by atoms with van der Waals surface area (Å²) in [5, 5.41) is 20.4. The second-order valence-corrected chi connectivity index (χ2v) is 8.03. The topological polar surface area (TPSA) is 66.8 Å². The zero-order valence-corrected chi connectivity index (χ0v) is 13.9. The number of carbonyl (C=O) groups excluding carboxylic acids is 1. The van der Waals surface area contributed by atoms with Crippen molar-refractivity contribution in [1.82, 2.24) is 0 Å². The van der Waals surface area contributed by atoms with E-state index in [1.807, 2.05) is 6.92 Å². The van der Waals surface area contributed by atoms with Gasteiger partial charge in [0.1, 0.15) is 5.78 Å². The van der Waals surface area contributed by atoms with E-state index in [1.54, 1.807) is 0 Å². The van der Waals surface area contributed by atoms with Crippen LogP contribution in [0.3, 0.4) is 0 Å².